The highest BCUT2D eigenvalue weighted by Gasteiger charge is 2.09. The molecule has 1 rings (SSSR count). The molecule has 0 aliphatic heterocycles. The van der Waals surface area contributed by atoms with Gasteiger partial charge in [0.25, 0.3) is 0 Å². The number of rotatable bonds is 24. The number of carboxylic acids is 1. The van der Waals surface area contributed by atoms with Crippen LogP contribution in [0.1, 0.15) is 153 Å². The second-order valence-corrected chi connectivity index (χ2v) is 10.5. The van der Waals surface area contributed by atoms with Gasteiger partial charge in [-0.1, -0.05) is 148 Å². The van der Waals surface area contributed by atoms with Crippen LogP contribution in [0.4, 0.5) is 0 Å². The lowest BCUT2D eigenvalue weighted by Crippen LogP contribution is -2.04. The van der Waals surface area contributed by atoms with E-state index in [2.05, 4.69) is 13.8 Å². The summed E-state index contributed by atoms with van der Waals surface area (Å²) in [5.41, 5.74) is 0.251. The Bertz CT molecular complexity index is 596. The molecular formula is C31H54O3. The van der Waals surface area contributed by atoms with Crippen LogP contribution in [0, 0.1) is 5.92 Å². The topological polar surface area (TPSA) is 46.5 Å². The number of unbranched alkanes of at least 4 members (excludes halogenated alkanes) is 18. The molecule has 0 fully saturated rings. The van der Waals surface area contributed by atoms with Crippen LogP contribution in [0.3, 0.4) is 0 Å². The monoisotopic (exact) mass is 474 g/mol. The maximum atomic E-state index is 11.2. The van der Waals surface area contributed by atoms with E-state index in [1.54, 1.807) is 18.2 Å². The summed E-state index contributed by atoms with van der Waals surface area (Å²) in [6, 6.07) is 6.88. The standard InChI is InChI=1S/C31H54O3/c1-28(2)24-20-18-16-14-12-10-8-6-4-3-5-7-9-11-13-15-17-19-23-27-34-30-26-22-21-25-29(30)31(32)33/h21-22,25-26,28H,3-20,23-24,27H2,1-2H3,(H,32,33). The highest BCUT2D eigenvalue weighted by Crippen LogP contribution is 2.19. The van der Waals surface area contributed by atoms with Gasteiger partial charge in [-0.15, -0.1) is 0 Å². The van der Waals surface area contributed by atoms with Gasteiger partial charge in [0, 0.05) is 0 Å². The summed E-state index contributed by atoms with van der Waals surface area (Å²) in [7, 11) is 0. The number of hydrogen-bond donors (Lipinski definition) is 1. The zero-order valence-electron chi connectivity index (χ0n) is 22.5. The van der Waals surface area contributed by atoms with E-state index in [4.69, 9.17) is 9.84 Å². The van der Waals surface area contributed by atoms with Gasteiger partial charge in [0.05, 0.1) is 6.61 Å². The Morgan fingerprint density at radius 2 is 1.03 bits per heavy atom. The molecule has 1 aromatic carbocycles. The Labute approximate surface area is 211 Å². The molecule has 0 atom stereocenters. The Kier molecular flexibility index (Phi) is 19.7. The Morgan fingerprint density at radius 1 is 0.647 bits per heavy atom. The molecule has 0 spiro atoms. The number of carboxylic acid groups (broad SMARTS) is 1. The number of hydrogen-bond acceptors (Lipinski definition) is 2. The molecule has 0 aliphatic rings. The van der Waals surface area contributed by atoms with Crippen molar-refractivity contribution >= 4 is 5.97 Å². The summed E-state index contributed by atoms with van der Waals surface area (Å²) in [4.78, 5) is 11.2. The number of aromatic carboxylic acids is 1. The minimum atomic E-state index is -0.927. The maximum Gasteiger partial charge on any atom is 0.339 e. The summed E-state index contributed by atoms with van der Waals surface area (Å²) >= 11 is 0. The van der Waals surface area contributed by atoms with Crippen molar-refractivity contribution in [2.45, 2.75) is 142 Å². The molecule has 1 aromatic rings. The van der Waals surface area contributed by atoms with E-state index in [1.807, 2.05) is 6.07 Å². The van der Waals surface area contributed by atoms with Crippen LogP contribution in [0.2, 0.25) is 0 Å². The van der Waals surface area contributed by atoms with Crippen LogP contribution in [-0.2, 0) is 0 Å². The van der Waals surface area contributed by atoms with E-state index in [0.29, 0.717) is 12.4 Å². The SMILES string of the molecule is CC(C)CCCCCCCCCCCCCCCCCCCCCOc1ccccc1C(=O)O. The lowest BCUT2D eigenvalue weighted by Gasteiger charge is -2.08. The van der Waals surface area contributed by atoms with Gasteiger partial charge in [-0.25, -0.2) is 4.79 Å². The molecular weight excluding hydrogens is 420 g/mol. The average Bonchev–Trinajstić information content (AvgIpc) is 2.82. The lowest BCUT2D eigenvalue weighted by atomic mass is 10.0. The normalized spacial score (nSPS) is 11.3. The fourth-order valence-electron chi connectivity index (χ4n) is 4.61. The number of ether oxygens (including phenoxy) is 1. The van der Waals surface area contributed by atoms with Crippen molar-refractivity contribution in [2.75, 3.05) is 6.61 Å². The van der Waals surface area contributed by atoms with Crippen molar-refractivity contribution in [3.63, 3.8) is 0 Å². The van der Waals surface area contributed by atoms with Crippen LogP contribution >= 0.6 is 0 Å². The van der Waals surface area contributed by atoms with Crippen molar-refractivity contribution in [2.24, 2.45) is 5.92 Å². The molecule has 0 saturated heterocycles. The van der Waals surface area contributed by atoms with Gasteiger partial charge < -0.3 is 9.84 Å². The highest BCUT2D eigenvalue weighted by molar-refractivity contribution is 5.90. The summed E-state index contributed by atoms with van der Waals surface area (Å²) in [6.45, 7) is 5.26. The van der Waals surface area contributed by atoms with Crippen molar-refractivity contribution in [3.05, 3.63) is 29.8 Å². The molecule has 0 aromatic heterocycles. The molecule has 196 valence electrons. The molecule has 0 heterocycles. The zero-order chi connectivity index (χ0) is 24.7. The first-order valence-electron chi connectivity index (χ1n) is 14.6. The fraction of sp³-hybridized carbons (Fsp3) is 0.774. The zero-order valence-corrected chi connectivity index (χ0v) is 22.5. The number of carbonyl (C=O) groups is 1. The predicted molar refractivity (Wildman–Crippen MR) is 146 cm³/mol. The van der Waals surface area contributed by atoms with Crippen LogP contribution in [0.25, 0.3) is 0 Å². The van der Waals surface area contributed by atoms with Gasteiger partial charge >= 0.3 is 5.97 Å². The molecule has 3 heteroatoms. The van der Waals surface area contributed by atoms with E-state index < -0.39 is 5.97 Å². The third kappa shape index (κ3) is 17.9. The predicted octanol–water partition coefficient (Wildman–Crippen LogP) is 10.2. The van der Waals surface area contributed by atoms with E-state index in [0.717, 1.165) is 18.8 Å². The molecule has 34 heavy (non-hydrogen) atoms. The van der Waals surface area contributed by atoms with Crippen molar-refractivity contribution < 1.29 is 14.6 Å². The van der Waals surface area contributed by atoms with Crippen LogP contribution < -0.4 is 4.74 Å². The first-order valence-corrected chi connectivity index (χ1v) is 14.6. The van der Waals surface area contributed by atoms with Crippen molar-refractivity contribution in [3.8, 4) is 5.75 Å². The largest absolute Gasteiger partial charge is 0.493 e. The molecule has 0 radical (unpaired) electrons. The van der Waals surface area contributed by atoms with E-state index in [9.17, 15) is 4.79 Å². The number of para-hydroxylation sites is 1. The smallest absolute Gasteiger partial charge is 0.339 e. The summed E-state index contributed by atoms with van der Waals surface area (Å²) < 4.78 is 5.66. The van der Waals surface area contributed by atoms with Gasteiger partial charge in [0.15, 0.2) is 0 Å². The van der Waals surface area contributed by atoms with E-state index in [1.165, 1.54) is 116 Å². The van der Waals surface area contributed by atoms with Crippen LogP contribution in [0.15, 0.2) is 24.3 Å². The quantitative estimate of drug-likeness (QED) is 0.152. The van der Waals surface area contributed by atoms with Gasteiger partial charge in [0.2, 0.25) is 0 Å². The average molecular weight is 475 g/mol. The summed E-state index contributed by atoms with van der Waals surface area (Å²) in [5, 5.41) is 9.17. The lowest BCUT2D eigenvalue weighted by molar-refractivity contribution is 0.0692. The molecule has 1 N–H and O–H groups in total. The fourth-order valence-corrected chi connectivity index (χ4v) is 4.61. The van der Waals surface area contributed by atoms with Crippen molar-refractivity contribution in [1.82, 2.24) is 0 Å². The van der Waals surface area contributed by atoms with Crippen molar-refractivity contribution in [1.29, 1.82) is 0 Å². The molecule has 0 bridgehead atoms. The Morgan fingerprint density at radius 3 is 1.44 bits per heavy atom. The first kappa shape index (κ1) is 30.5. The highest BCUT2D eigenvalue weighted by atomic mass is 16.5. The van der Waals surface area contributed by atoms with Crippen LogP contribution in [-0.4, -0.2) is 17.7 Å². The third-order valence-corrected chi connectivity index (χ3v) is 6.80. The van der Waals surface area contributed by atoms with Gasteiger partial charge in [0.1, 0.15) is 11.3 Å². The summed E-state index contributed by atoms with van der Waals surface area (Å²) in [6.07, 6.45) is 27.5. The van der Waals surface area contributed by atoms with Crippen LogP contribution in [0.5, 0.6) is 5.75 Å². The van der Waals surface area contributed by atoms with E-state index >= 15 is 0 Å². The molecule has 3 nitrogen and oxygen atoms in total. The summed E-state index contributed by atoms with van der Waals surface area (Å²) in [5.74, 6) is 0.434. The maximum absolute atomic E-state index is 11.2. The number of benzene rings is 1. The Hall–Kier alpha value is -1.51. The van der Waals surface area contributed by atoms with Gasteiger partial charge in [-0.3, -0.25) is 0 Å². The molecule has 0 aliphatic carbocycles. The molecule has 0 unspecified atom stereocenters. The van der Waals surface area contributed by atoms with Gasteiger partial charge in [-0.05, 0) is 24.5 Å². The third-order valence-electron chi connectivity index (χ3n) is 6.80. The molecule has 0 amide bonds. The minimum Gasteiger partial charge on any atom is -0.493 e. The van der Waals surface area contributed by atoms with E-state index in [-0.39, 0.29) is 5.56 Å². The Balaban J connectivity index is 1.75. The molecule has 0 saturated carbocycles. The second-order valence-electron chi connectivity index (χ2n) is 10.5. The first-order chi connectivity index (χ1) is 16.6. The van der Waals surface area contributed by atoms with Gasteiger partial charge in [-0.2, -0.15) is 0 Å². The minimum absolute atomic E-state index is 0.251. The second kappa shape index (κ2) is 22.0.